The molecule has 0 aliphatic carbocycles. The van der Waals surface area contributed by atoms with Gasteiger partial charge in [0, 0.05) is 17.3 Å². The minimum Gasteiger partial charge on any atom is -0.321 e. The van der Waals surface area contributed by atoms with Crippen LogP contribution in [0.2, 0.25) is 0 Å². The second-order valence-electron chi connectivity index (χ2n) is 6.07. The maximum Gasteiger partial charge on any atom is 0.274 e. The van der Waals surface area contributed by atoms with Crippen LogP contribution in [0.25, 0.3) is 0 Å². The maximum atomic E-state index is 13.7. The van der Waals surface area contributed by atoms with Crippen molar-refractivity contribution in [3.63, 3.8) is 0 Å². The van der Waals surface area contributed by atoms with Gasteiger partial charge < -0.3 is 10.6 Å². The van der Waals surface area contributed by atoms with E-state index in [2.05, 4.69) is 15.6 Å². The zero-order valence-electron chi connectivity index (χ0n) is 15.2. The van der Waals surface area contributed by atoms with Crippen molar-refractivity contribution in [2.75, 3.05) is 10.6 Å². The first-order valence-electron chi connectivity index (χ1n) is 8.49. The Hall–Kier alpha value is -3.94. The second kappa shape index (κ2) is 8.39. The number of amides is 2. The second-order valence-corrected chi connectivity index (χ2v) is 6.07. The molecule has 0 saturated carbocycles. The third kappa shape index (κ3) is 4.86. The molecule has 0 radical (unpaired) electrons. The lowest BCUT2D eigenvalue weighted by Gasteiger charge is -2.08. The summed E-state index contributed by atoms with van der Waals surface area (Å²) in [6.07, 6.45) is 0. The predicted molar refractivity (Wildman–Crippen MR) is 103 cm³/mol. The van der Waals surface area contributed by atoms with E-state index in [1.54, 1.807) is 24.3 Å². The van der Waals surface area contributed by atoms with Crippen molar-refractivity contribution in [3.8, 4) is 0 Å². The first-order chi connectivity index (χ1) is 13.8. The molecule has 3 aromatic rings. The number of Topliss-reactive ketones (excluding diaryl/α,β-unsaturated/α-hetero) is 1. The number of aromatic nitrogens is 1. The molecule has 0 bridgehead atoms. The van der Waals surface area contributed by atoms with Crippen LogP contribution < -0.4 is 10.6 Å². The highest BCUT2D eigenvalue weighted by atomic mass is 19.1. The smallest absolute Gasteiger partial charge is 0.274 e. The summed E-state index contributed by atoms with van der Waals surface area (Å²) in [5.41, 5.74) is 0.595. The Morgan fingerprint density at radius 2 is 1.45 bits per heavy atom. The van der Waals surface area contributed by atoms with E-state index < -0.39 is 23.4 Å². The third-order valence-corrected chi connectivity index (χ3v) is 3.94. The Kier molecular flexibility index (Phi) is 5.73. The molecule has 146 valence electrons. The number of anilines is 2. The number of hydrogen-bond acceptors (Lipinski definition) is 4. The molecule has 0 atom stereocenters. The molecule has 8 heteroatoms. The minimum atomic E-state index is -0.929. The molecule has 2 amide bonds. The predicted octanol–water partition coefficient (Wildman–Crippen LogP) is 4.07. The average Bonchev–Trinajstić information content (AvgIpc) is 2.70. The fourth-order valence-electron chi connectivity index (χ4n) is 2.45. The highest BCUT2D eigenvalue weighted by Crippen LogP contribution is 2.16. The van der Waals surface area contributed by atoms with Crippen LogP contribution in [-0.4, -0.2) is 22.6 Å². The number of benzene rings is 2. The molecular formula is C21H15F2N3O3. The van der Waals surface area contributed by atoms with Crippen molar-refractivity contribution in [2.24, 2.45) is 0 Å². The van der Waals surface area contributed by atoms with Gasteiger partial charge in [0.25, 0.3) is 11.8 Å². The first-order valence-corrected chi connectivity index (χ1v) is 8.49. The van der Waals surface area contributed by atoms with E-state index in [-0.39, 0.29) is 22.9 Å². The molecule has 0 aliphatic rings. The Labute approximate surface area is 164 Å². The van der Waals surface area contributed by atoms with Crippen LogP contribution in [0.4, 0.5) is 20.2 Å². The standard InChI is InChI=1S/C21H15F2N3O3/c1-12(27)13-5-8-15(9-6-13)24-20(28)18-3-2-4-19(25-18)21(29)26-17-10-7-14(22)11-16(17)23/h2-11H,1H3,(H,24,28)(H,26,29). The molecule has 29 heavy (non-hydrogen) atoms. The number of nitrogens with one attached hydrogen (secondary N) is 2. The van der Waals surface area contributed by atoms with Crippen LogP contribution in [0, 0.1) is 11.6 Å². The van der Waals surface area contributed by atoms with Gasteiger partial charge >= 0.3 is 0 Å². The molecular weight excluding hydrogens is 380 g/mol. The van der Waals surface area contributed by atoms with Crippen molar-refractivity contribution < 1.29 is 23.2 Å². The monoisotopic (exact) mass is 395 g/mol. The van der Waals surface area contributed by atoms with Crippen LogP contribution in [0.5, 0.6) is 0 Å². The number of carbonyl (C=O) groups excluding carboxylic acids is 3. The van der Waals surface area contributed by atoms with Gasteiger partial charge in [-0.3, -0.25) is 14.4 Å². The Bertz CT molecular complexity index is 1100. The Balaban J connectivity index is 1.73. The quantitative estimate of drug-likeness (QED) is 0.638. The zero-order valence-corrected chi connectivity index (χ0v) is 15.2. The number of carbonyl (C=O) groups is 3. The lowest BCUT2D eigenvalue weighted by atomic mass is 10.1. The van der Waals surface area contributed by atoms with Crippen molar-refractivity contribution in [2.45, 2.75) is 6.92 Å². The topological polar surface area (TPSA) is 88.2 Å². The highest BCUT2D eigenvalue weighted by molar-refractivity contribution is 6.06. The summed E-state index contributed by atoms with van der Waals surface area (Å²) in [5, 5.41) is 4.89. The number of halogens is 2. The summed E-state index contributed by atoms with van der Waals surface area (Å²) in [7, 11) is 0. The van der Waals surface area contributed by atoms with E-state index in [4.69, 9.17) is 0 Å². The summed E-state index contributed by atoms with van der Waals surface area (Å²) in [6.45, 7) is 1.44. The van der Waals surface area contributed by atoms with E-state index in [1.807, 2.05) is 0 Å². The number of nitrogens with zero attached hydrogens (tertiary/aromatic N) is 1. The van der Waals surface area contributed by atoms with Crippen LogP contribution >= 0.6 is 0 Å². The van der Waals surface area contributed by atoms with E-state index in [0.29, 0.717) is 17.3 Å². The van der Waals surface area contributed by atoms with Crippen molar-refractivity contribution >= 4 is 29.0 Å². The Morgan fingerprint density at radius 1 is 0.828 bits per heavy atom. The molecule has 1 heterocycles. The largest absolute Gasteiger partial charge is 0.321 e. The summed E-state index contributed by atoms with van der Waals surface area (Å²) in [6, 6.07) is 13.3. The summed E-state index contributed by atoms with van der Waals surface area (Å²) in [5.74, 6) is -3.12. The van der Waals surface area contributed by atoms with Gasteiger partial charge in [-0.2, -0.15) is 0 Å². The molecule has 0 unspecified atom stereocenters. The van der Waals surface area contributed by atoms with Gasteiger partial charge in [0.15, 0.2) is 5.78 Å². The lowest BCUT2D eigenvalue weighted by molar-refractivity contribution is 0.100. The van der Waals surface area contributed by atoms with Crippen molar-refractivity contribution in [1.29, 1.82) is 0 Å². The van der Waals surface area contributed by atoms with Crippen LogP contribution in [0.3, 0.4) is 0 Å². The fraction of sp³-hybridized carbons (Fsp3) is 0.0476. The lowest BCUT2D eigenvalue weighted by Crippen LogP contribution is -2.19. The molecule has 0 spiro atoms. The summed E-state index contributed by atoms with van der Waals surface area (Å²) < 4.78 is 26.7. The van der Waals surface area contributed by atoms with Gasteiger partial charge in [-0.1, -0.05) is 6.07 Å². The molecule has 3 rings (SSSR count). The van der Waals surface area contributed by atoms with Gasteiger partial charge in [0.2, 0.25) is 0 Å². The normalized spacial score (nSPS) is 10.3. The van der Waals surface area contributed by atoms with Crippen LogP contribution in [0.15, 0.2) is 60.7 Å². The van der Waals surface area contributed by atoms with Gasteiger partial charge in [-0.25, -0.2) is 13.8 Å². The average molecular weight is 395 g/mol. The maximum absolute atomic E-state index is 13.7. The molecule has 6 nitrogen and oxygen atoms in total. The van der Waals surface area contributed by atoms with E-state index in [0.717, 1.165) is 12.1 Å². The minimum absolute atomic E-state index is 0.0344. The van der Waals surface area contributed by atoms with Crippen LogP contribution in [0.1, 0.15) is 38.3 Å². The van der Waals surface area contributed by atoms with Gasteiger partial charge in [0.05, 0.1) is 5.69 Å². The zero-order chi connectivity index (χ0) is 21.0. The van der Waals surface area contributed by atoms with E-state index in [1.165, 1.54) is 25.1 Å². The molecule has 0 aliphatic heterocycles. The van der Waals surface area contributed by atoms with Crippen molar-refractivity contribution in [3.05, 3.63) is 89.2 Å². The molecule has 0 saturated heterocycles. The Morgan fingerprint density at radius 3 is 2.03 bits per heavy atom. The van der Waals surface area contributed by atoms with Gasteiger partial charge in [-0.15, -0.1) is 0 Å². The number of hydrogen-bond donors (Lipinski definition) is 2. The number of rotatable bonds is 5. The summed E-state index contributed by atoms with van der Waals surface area (Å²) in [4.78, 5) is 39.9. The van der Waals surface area contributed by atoms with Gasteiger partial charge in [0.1, 0.15) is 23.0 Å². The molecule has 0 fully saturated rings. The molecule has 2 N–H and O–H groups in total. The SMILES string of the molecule is CC(=O)c1ccc(NC(=O)c2cccc(C(=O)Nc3ccc(F)cc3F)n2)cc1. The number of pyridine rings is 1. The first kappa shape index (κ1) is 19.8. The third-order valence-electron chi connectivity index (χ3n) is 3.94. The van der Waals surface area contributed by atoms with Gasteiger partial charge in [-0.05, 0) is 55.5 Å². The fourth-order valence-corrected chi connectivity index (χ4v) is 2.45. The highest BCUT2D eigenvalue weighted by Gasteiger charge is 2.15. The van der Waals surface area contributed by atoms with Crippen molar-refractivity contribution in [1.82, 2.24) is 4.98 Å². The van der Waals surface area contributed by atoms with Crippen LogP contribution in [-0.2, 0) is 0 Å². The molecule has 2 aromatic carbocycles. The number of ketones is 1. The summed E-state index contributed by atoms with van der Waals surface area (Å²) >= 11 is 0. The van der Waals surface area contributed by atoms with E-state index in [9.17, 15) is 23.2 Å². The molecule has 1 aromatic heterocycles. The van der Waals surface area contributed by atoms with E-state index >= 15 is 0 Å².